The molecule has 0 aliphatic rings. The van der Waals surface area contributed by atoms with Gasteiger partial charge in [-0.2, -0.15) is 5.10 Å². The van der Waals surface area contributed by atoms with E-state index in [0.717, 1.165) is 12.1 Å². The summed E-state index contributed by atoms with van der Waals surface area (Å²) >= 11 is 0. The highest BCUT2D eigenvalue weighted by Crippen LogP contribution is 2.17. The Morgan fingerprint density at radius 3 is 2.40 bits per heavy atom. The third kappa shape index (κ3) is 4.57. The van der Waals surface area contributed by atoms with Crippen LogP contribution in [0.5, 0.6) is 0 Å². The summed E-state index contributed by atoms with van der Waals surface area (Å²) in [5.74, 6) is -2.10. The molecule has 0 amide bonds. The number of hydrogen-bond acceptors (Lipinski definition) is 5. The van der Waals surface area contributed by atoms with Gasteiger partial charge in [-0.1, -0.05) is 0 Å². The number of carbonyl (C=O) groups is 2. The van der Waals surface area contributed by atoms with Gasteiger partial charge < -0.3 is 5.11 Å². The van der Waals surface area contributed by atoms with Crippen LogP contribution in [0.15, 0.2) is 41.2 Å². The Morgan fingerprint density at radius 2 is 1.84 bits per heavy atom. The molecule has 8 heteroatoms. The largest absolute Gasteiger partial charge is 0.480 e. The summed E-state index contributed by atoms with van der Waals surface area (Å²) < 4.78 is 14.3. The number of carboxylic acid groups (broad SMARTS) is 1. The number of aromatic nitrogens is 2. The van der Waals surface area contributed by atoms with Crippen LogP contribution in [0.3, 0.4) is 0 Å². The second kappa shape index (κ2) is 7.80. The highest BCUT2D eigenvalue weighted by molar-refractivity contribution is 6.00. The van der Waals surface area contributed by atoms with E-state index in [4.69, 9.17) is 5.11 Å². The molecule has 0 spiro atoms. The van der Waals surface area contributed by atoms with Gasteiger partial charge in [-0.05, 0) is 44.2 Å². The van der Waals surface area contributed by atoms with E-state index in [-0.39, 0.29) is 22.9 Å². The SMILES string of the molecule is CC(C)n1nc(C(NCC(=O)O)C(=O)c2ccc(F)cc2)ccc1=O. The van der Waals surface area contributed by atoms with Gasteiger partial charge in [-0.25, -0.2) is 9.07 Å². The number of ketones is 1. The van der Waals surface area contributed by atoms with Crippen LogP contribution >= 0.6 is 0 Å². The molecule has 0 fully saturated rings. The van der Waals surface area contributed by atoms with Crippen molar-refractivity contribution in [1.82, 2.24) is 15.1 Å². The lowest BCUT2D eigenvalue weighted by Crippen LogP contribution is -2.35. The zero-order valence-corrected chi connectivity index (χ0v) is 13.8. The predicted octanol–water partition coefficient (Wildman–Crippen LogP) is 1.56. The summed E-state index contributed by atoms with van der Waals surface area (Å²) in [5, 5.41) is 15.7. The molecule has 0 saturated heterocycles. The van der Waals surface area contributed by atoms with Gasteiger partial charge in [0, 0.05) is 11.6 Å². The second-order valence-electron chi connectivity index (χ2n) is 5.71. The fourth-order valence-corrected chi connectivity index (χ4v) is 2.27. The number of benzene rings is 1. The van der Waals surface area contributed by atoms with Gasteiger partial charge in [0.1, 0.15) is 11.9 Å². The second-order valence-corrected chi connectivity index (χ2v) is 5.71. The monoisotopic (exact) mass is 347 g/mol. The van der Waals surface area contributed by atoms with Crippen molar-refractivity contribution in [3.8, 4) is 0 Å². The molecule has 2 rings (SSSR count). The fraction of sp³-hybridized carbons (Fsp3) is 0.294. The molecular weight excluding hydrogens is 329 g/mol. The number of aliphatic carboxylic acids is 1. The van der Waals surface area contributed by atoms with Crippen molar-refractivity contribution in [1.29, 1.82) is 0 Å². The lowest BCUT2D eigenvalue weighted by atomic mass is 10.0. The molecule has 0 aliphatic carbocycles. The lowest BCUT2D eigenvalue weighted by molar-refractivity contribution is -0.136. The van der Waals surface area contributed by atoms with Crippen molar-refractivity contribution in [3.05, 3.63) is 63.8 Å². The van der Waals surface area contributed by atoms with Gasteiger partial charge in [0.15, 0.2) is 5.78 Å². The number of Topliss-reactive ketones (excluding diaryl/α,β-unsaturated/α-hetero) is 1. The predicted molar refractivity (Wildman–Crippen MR) is 88.0 cm³/mol. The Hall–Kier alpha value is -2.87. The third-order valence-corrected chi connectivity index (χ3v) is 3.48. The van der Waals surface area contributed by atoms with Crippen LogP contribution in [0.1, 0.15) is 42.0 Å². The van der Waals surface area contributed by atoms with Gasteiger partial charge in [-0.15, -0.1) is 0 Å². The van der Waals surface area contributed by atoms with Crippen molar-refractivity contribution in [3.63, 3.8) is 0 Å². The Morgan fingerprint density at radius 1 is 1.20 bits per heavy atom. The van der Waals surface area contributed by atoms with E-state index in [1.54, 1.807) is 13.8 Å². The topological polar surface area (TPSA) is 101 Å². The molecule has 0 saturated carbocycles. The number of carboxylic acids is 1. The van der Waals surface area contributed by atoms with Gasteiger partial charge in [-0.3, -0.25) is 19.7 Å². The van der Waals surface area contributed by atoms with Crippen LogP contribution in [-0.2, 0) is 4.79 Å². The van der Waals surface area contributed by atoms with Crippen LogP contribution < -0.4 is 10.9 Å². The zero-order valence-electron chi connectivity index (χ0n) is 13.8. The maximum Gasteiger partial charge on any atom is 0.317 e. The molecule has 1 aromatic heterocycles. The lowest BCUT2D eigenvalue weighted by Gasteiger charge is -2.18. The van der Waals surface area contributed by atoms with E-state index in [0.29, 0.717) is 0 Å². The normalized spacial score (nSPS) is 12.2. The zero-order chi connectivity index (χ0) is 18.6. The number of nitrogens with zero attached hydrogens (tertiary/aromatic N) is 2. The van der Waals surface area contributed by atoms with Crippen molar-refractivity contribution in [2.45, 2.75) is 25.9 Å². The first-order valence-corrected chi connectivity index (χ1v) is 7.64. The average molecular weight is 347 g/mol. The quantitative estimate of drug-likeness (QED) is 0.737. The van der Waals surface area contributed by atoms with Crippen molar-refractivity contribution >= 4 is 11.8 Å². The van der Waals surface area contributed by atoms with Crippen LogP contribution in [0.25, 0.3) is 0 Å². The maximum atomic E-state index is 13.1. The first-order valence-electron chi connectivity index (χ1n) is 7.64. The minimum Gasteiger partial charge on any atom is -0.480 e. The van der Waals surface area contributed by atoms with Crippen molar-refractivity contribution in [2.24, 2.45) is 0 Å². The highest BCUT2D eigenvalue weighted by atomic mass is 19.1. The van der Waals surface area contributed by atoms with Gasteiger partial charge in [0.2, 0.25) is 0 Å². The number of halogens is 1. The van der Waals surface area contributed by atoms with Crippen LogP contribution in [-0.4, -0.2) is 33.2 Å². The number of hydrogen-bond donors (Lipinski definition) is 2. The van der Waals surface area contributed by atoms with Crippen LogP contribution in [0.4, 0.5) is 4.39 Å². The van der Waals surface area contributed by atoms with E-state index in [2.05, 4.69) is 10.4 Å². The molecular formula is C17H18FN3O4. The van der Waals surface area contributed by atoms with E-state index in [9.17, 15) is 18.8 Å². The van der Waals surface area contributed by atoms with Crippen LogP contribution in [0.2, 0.25) is 0 Å². The van der Waals surface area contributed by atoms with E-state index < -0.39 is 30.2 Å². The molecule has 132 valence electrons. The third-order valence-electron chi connectivity index (χ3n) is 3.48. The summed E-state index contributed by atoms with van der Waals surface area (Å²) in [7, 11) is 0. The summed E-state index contributed by atoms with van der Waals surface area (Å²) in [5.41, 5.74) is 0.0854. The first-order chi connectivity index (χ1) is 11.8. The minimum absolute atomic E-state index is 0.202. The number of nitrogens with one attached hydrogen (secondary N) is 1. The molecule has 1 heterocycles. The molecule has 0 bridgehead atoms. The van der Waals surface area contributed by atoms with Crippen molar-refractivity contribution < 1.29 is 19.1 Å². The Labute approximate surface area is 143 Å². The maximum absolute atomic E-state index is 13.1. The molecule has 2 N–H and O–H groups in total. The average Bonchev–Trinajstić information content (AvgIpc) is 2.56. The van der Waals surface area contributed by atoms with Gasteiger partial charge in [0.05, 0.1) is 18.3 Å². The summed E-state index contributed by atoms with van der Waals surface area (Å²) in [6.45, 7) is 3.05. The summed E-state index contributed by atoms with van der Waals surface area (Å²) in [4.78, 5) is 35.4. The van der Waals surface area contributed by atoms with E-state index >= 15 is 0 Å². The summed E-state index contributed by atoms with van der Waals surface area (Å²) in [6, 6.07) is 6.25. The van der Waals surface area contributed by atoms with Gasteiger partial charge >= 0.3 is 5.97 Å². The molecule has 1 atom stereocenters. The molecule has 0 radical (unpaired) electrons. The molecule has 2 aromatic rings. The van der Waals surface area contributed by atoms with Crippen molar-refractivity contribution in [2.75, 3.05) is 6.54 Å². The van der Waals surface area contributed by atoms with Gasteiger partial charge in [0.25, 0.3) is 5.56 Å². The van der Waals surface area contributed by atoms with Crippen LogP contribution in [0, 0.1) is 5.82 Å². The number of rotatable bonds is 7. The fourth-order valence-electron chi connectivity index (χ4n) is 2.27. The number of carbonyl (C=O) groups excluding carboxylic acids is 1. The Kier molecular flexibility index (Phi) is 5.76. The molecule has 25 heavy (non-hydrogen) atoms. The highest BCUT2D eigenvalue weighted by Gasteiger charge is 2.25. The molecule has 7 nitrogen and oxygen atoms in total. The molecule has 1 unspecified atom stereocenters. The summed E-state index contributed by atoms with van der Waals surface area (Å²) in [6.07, 6.45) is 0. The van der Waals surface area contributed by atoms with E-state index in [1.165, 1.54) is 28.9 Å². The molecule has 0 aliphatic heterocycles. The Balaban J connectivity index is 2.43. The Bertz CT molecular complexity index is 831. The molecule has 1 aromatic carbocycles. The minimum atomic E-state index is -1.14. The smallest absolute Gasteiger partial charge is 0.317 e. The first kappa shape index (κ1) is 18.5. The van der Waals surface area contributed by atoms with E-state index in [1.807, 2.05) is 0 Å². The standard InChI is InChI=1S/C17H18FN3O4/c1-10(2)21-14(22)8-7-13(20-21)16(19-9-15(23)24)17(25)11-3-5-12(18)6-4-11/h3-8,10,16,19H,9H2,1-2H3,(H,23,24).